The van der Waals surface area contributed by atoms with Gasteiger partial charge in [-0.2, -0.15) is 0 Å². The van der Waals surface area contributed by atoms with E-state index in [0.29, 0.717) is 5.56 Å². The monoisotopic (exact) mass is 279 g/mol. The molecule has 2 aromatic heterocycles. The van der Waals surface area contributed by atoms with E-state index in [0.717, 1.165) is 28.2 Å². The van der Waals surface area contributed by atoms with Crippen molar-refractivity contribution in [3.8, 4) is 0 Å². The quantitative estimate of drug-likeness (QED) is 0.780. The Balaban J connectivity index is 1.89. The highest BCUT2D eigenvalue weighted by atomic mass is 16.1. The zero-order valence-electron chi connectivity index (χ0n) is 12.3. The molecule has 0 saturated heterocycles. The third kappa shape index (κ3) is 2.79. The Hall–Kier alpha value is -2.62. The van der Waals surface area contributed by atoms with Crippen molar-refractivity contribution in [2.75, 3.05) is 5.32 Å². The summed E-state index contributed by atoms with van der Waals surface area (Å²) < 4.78 is 1.87. The number of aryl methyl sites for hydroxylation is 3. The maximum Gasteiger partial charge on any atom is 0.257 e. The first-order valence-corrected chi connectivity index (χ1v) is 6.86. The van der Waals surface area contributed by atoms with Crippen LogP contribution >= 0.6 is 0 Å². The third-order valence-electron chi connectivity index (χ3n) is 3.31. The van der Waals surface area contributed by atoms with E-state index in [1.54, 1.807) is 12.3 Å². The molecule has 0 radical (unpaired) electrons. The summed E-state index contributed by atoms with van der Waals surface area (Å²) in [5.74, 6) is -0.117. The van der Waals surface area contributed by atoms with Crippen molar-refractivity contribution >= 4 is 17.2 Å². The molecule has 4 heteroatoms. The number of anilines is 1. The molecular formula is C17H17N3O. The van der Waals surface area contributed by atoms with Gasteiger partial charge in [0.25, 0.3) is 5.91 Å². The van der Waals surface area contributed by atoms with Crippen molar-refractivity contribution in [3.05, 3.63) is 65.1 Å². The number of amides is 1. The number of carbonyl (C=O) groups excluding carboxylic acids is 1. The van der Waals surface area contributed by atoms with Gasteiger partial charge in [0.15, 0.2) is 0 Å². The maximum atomic E-state index is 12.3. The number of benzene rings is 1. The lowest BCUT2D eigenvalue weighted by molar-refractivity contribution is 0.102. The molecule has 4 nitrogen and oxygen atoms in total. The van der Waals surface area contributed by atoms with Crippen molar-refractivity contribution in [2.45, 2.75) is 20.8 Å². The van der Waals surface area contributed by atoms with E-state index in [9.17, 15) is 4.79 Å². The average Bonchev–Trinajstić information content (AvgIpc) is 2.76. The molecule has 0 spiro atoms. The lowest BCUT2D eigenvalue weighted by Crippen LogP contribution is -2.12. The normalized spacial score (nSPS) is 10.8. The summed E-state index contributed by atoms with van der Waals surface area (Å²) in [4.78, 5) is 16.7. The van der Waals surface area contributed by atoms with Crippen molar-refractivity contribution in [1.82, 2.24) is 9.38 Å². The van der Waals surface area contributed by atoms with E-state index in [1.165, 1.54) is 0 Å². The molecule has 0 aliphatic carbocycles. The molecule has 1 amide bonds. The van der Waals surface area contributed by atoms with Gasteiger partial charge in [0.05, 0.1) is 11.3 Å². The minimum atomic E-state index is -0.117. The predicted molar refractivity (Wildman–Crippen MR) is 83.8 cm³/mol. The molecule has 0 bridgehead atoms. The summed E-state index contributed by atoms with van der Waals surface area (Å²) in [5, 5.41) is 2.94. The Morgan fingerprint density at radius 3 is 2.48 bits per heavy atom. The zero-order chi connectivity index (χ0) is 15.0. The summed E-state index contributed by atoms with van der Waals surface area (Å²) in [6, 6.07) is 9.65. The molecule has 2 heterocycles. The molecule has 3 rings (SSSR count). The third-order valence-corrected chi connectivity index (χ3v) is 3.31. The van der Waals surface area contributed by atoms with E-state index in [4.69, 9.17) is 0 Å². The van der Waals surface area contributed by atoms with Crippen LogP contribution in [0.1, 0.15) is 27.2 Å². The second-order valence-electron chi connectivity index (χ2n) is 5.40. The number of carbonyl (C=O) groups is 1. The van der Waals surface area contributed by atoms with Gasteiger partial charge in [-0.25, -0.2) is 4.98 Å². The second kappa shape index (κ2) is 5.05. The SMILES string of the molecule is Cc1cc(C)cc(NC(=O)c2ccc3nc(C)cn3c2)c1. The molecule has 1 N–H and O–H groups in total. The zero-order valence-corrected chi connectivity index (χ0v) is 12.3. The van der Waals surface area contributed by atoms with Gasteiger partial charge in [-0.05, 0) is 56.2 Å². The lowest BCUT2D eigenvalue weighted by atomic mass is 10.1. The van der Waals surface area contributed by atoms with Crippen LogP contribution in [0.3, 0.4) is 0 Å². The maximum absolute atomic E-state index is 12.3. The summed E-state index contributed by atoms with van der Waals surface area (Å²) >= 11 is 0. The molecule has 0 aliphatic rings. The van der Waals surface area contributed by atoms with Crippen LogP contribution in [0.15, 0.2) is 42.7 Å². The van der Waals surface area contributed by atoms with Crippen LogP contribution in [0.2, 0.25) is 0 Å². The molecule has 0 unspecified atom stereocenters. The minimum absolute atomic E-state index is 0.117. The minimum Gasteiger partial charge on any atom is -0.322 e. The van der Waals surface area contributed by atoms with Crippen molar-refractivity contribution in [2.24, 2.45) is 0 Å². The van der Waals surface area contributed by atoms with Gasteiger partial charge < -0.3 is 9.72 Å². The van der Waals surface area contributed by atoms with Crippen LogP contribution in [0.4, 0.5) is 5.69 Å². The summed E-state index contributed by atoms with van der Waals surface area (Å²) in [6.07, 6.45) is 3.70. The van der Waals surface area contributed by atoms with Crippen LogP contribution in [0.5, 0.6) is 0 Å². The standard InChI is InChI=1S/C17H17N3O/c1-11-6-12(2)8-15(7-11)19-17(21)14-4-5-16-18-13(3)9-20(16)10-14/h4-10H,1-3H3,(H,19,21). The highest BCUT2D eigenvalue weighted by molar-refractivity contribution is 6.04. The Morgan fingerprint density at radius 1 is 1.05 bits per heavy atom. The predicted octanol–water partition coefficient (Wildman–Crippen LogP) is 3.51. The number of pyridine rings is 1. The van der Waals surface area contributed by atoms with Gasteiger partial charge >= 0.3 is 0 Å². The topological polar surface area (TPSA) is 46.4 Å². The fourth-order valence-electron chi connectivity index (χ4n) is 2.50. The number of nitrogens with one attached hydrogen (secondary N) is 1. The van der Waals surface area contributed by atoms with Crippen molar-refractivity contribution in [3.63, 3.8) is 0 Å². The number of imidazole rings is 1. The van der Waals surface area contributed by atoms with Crippen LogP contribution in [0.25, 0.3) is 5.65 Å². The van der Waals surface area contributed by atoms with Crippen LogP contribution in [-0.4, -0.2) is 15.3 Å². The molecular weight excluding hydrogens is 262 g/mol. The van der Waals surface area contributed by atoms with Crippen LogP contribution < -0.4 is 5.32 Å². The van der Waals surface area contributed by atoms with Gasteiger partial charge in [-0.15, -0.1) is 0 Å². The second-order valence-corrected chi connectivity index (χ2v) is 5.40. The Bertz CT molecular complexity index is 813. The van der Waals surface area contributed by atoms with Gasteiger partial charge in [-0.3, -0.25) is 4.79 Å². The van der Waals surface area contributed by atoms with E-state index >= 15 is 0 Å². The van der Waals surface area contributed by atoms with E-state index < -0.39 is 0 Å². The molecule has 0 fully saturated rings. The smallest absolute Gasteiger partial charge is 0.257 e. The number of nitrogens with zero attached hydrogens (tertiary/aromatic N) is 2. The van der Waals surface area contributed by atoms with Crippen molar-refractivity contribution in [1.29, 1.82) is 0 Å². The molecule has 0 atom stereocenters. The number of fused-ring (bicyclic) bond motifs is 1. The number of rotatable bonds is 2. The number of hydrogen-bond acceptors (Lipinski definition) is 2. The summed E-state index contributed by atoms with van der Waals surface area (Å²) in [6.45, 7) is 5.97. The average molecular weight is 279 g/mol. The largest absolute Gasteiger partial charge is 0.322 e. The fourth-order valence-corrected chi connectivity index (χ4v) is 2.50. The molecule has 106 valence electrons. The first-order chi connectivity index (χ1) is 10.0. The molecule has 1 aromatic carbocycles. The molecule has 0 saturated carbocycles. The Morgan fingerprint density at radius 2 is 1.76 bits per heavy atom. The lowest BCUT2D eigenvalue weighted by Gasteiger charge is -2.08. The van der Waals surface area contributed by atoms with Crippen LogP contribution in [-0.2, 0) is 0 Å². The van der Waals surface area contributed by atoms with Crippen molar-refractivity contribution < 1.29 is 4.79 Å². The first kappa shape index (κ1) is 13.4. The Kier molecular flexibility index (Phi) is 3.22. The molecule has 3 aromatic rings. The van der Waals surface area contributed by atoms with E-state index in [1.807, 2.05) is 49.6 Å². The highest BCUT2D eigenvalue weighted by Crippen LogP contribution is 2.15. The first-order valence-electron chi connectivity index (χ1n) is 6.86. The Labute approximate surface area is 123 Å². The molecule has 21 heavy (non-hydrogen) atoms. The van der Waals surface area contributed by atoms with Gasteiger partial charge in [0.2, 0.25) is 0 Å². The summed E-state index contributed by atoms with van der Waals surface area (Å²) in [7, 11) is 0. The number of hydrogen-bond donors (Lipinski definition) is 1. The van der Waals surface area contributed by atoms with Gasteiger partial charge in [0, 0.05) is 18.1 Å². The molecule has 0 aliphatic heterocycles. The number of aromatic nitrogens is 2. The fraction of sp³-hybridized carbons (Fsp3) is 0.176. The van der Waals surface area contributed by atoms with Gasteiger partial charge in [-0.1, -0.05) is 6.07 Å². The van der Waals surface area contributed by atoms with E-state index in [2.05, 4.69) is 16.4 Å². The van der Waals surface area contributed by atoms with E-state index in [-0.39, 0.29) is 5.91 Å². The summed E-state index contributed by atoms with van der Waals surface area (Å²) in [5.41, 5.74) is 5.47. The van der Waals surface area contributed by atoms with Gasteiger partial charge in [0.1, 0.15) is 5.65 Å². The highest BCUT2D eigenvalue weighted by Gasteiger charge is 2.08. The van der Waals surface area contributed by atoms with Crippen LogP contribution in [0, 0.1) is 20.8 Å².